The van der Waals surface area contributed by atoms with E-state index in [1.165, 1.54) is 19.1 Å². The van der Waals surface area contributed by atoms with Crippen molar-refractivity contribution in [3.8, 4) is 0 Å². The van der Waals surface area contributed by atoms with Crippen LogP contribution in [0.25, 0.3) is 0 Å². The zero-order valence-corrected chi connectivity index (χ0v) is 8.87. The summed E-state index contributed by atoms with van der Waals surface area (Å²) in [6.45, 7) is 1.54. The van der Waals surface area contributed by atoms with Crippen LogP contribution in [-0.2, 0) is 11.2 Å². The van der Waals surface area contributed by atoms with E-state index in [4.69, 9.17) is 0 Å². The highest BCUT2D eigenvalue weighted by Crippen LogP contribution is 2.07. The fraction of sp³-hybridized carbons (Fsp3) is 0.308. The largest absolute Gasteiger partial charge is 0.295 e. The van der Waals surface area contributed by atoms with Crippen LogP contribution in [0, 0.1) is 5.82 Å². The molecule has 0 atom stereocenters. The standard InChI is InChI=1S/C13H15FO/c1-11(15)5-3-2-4-6-12-7-9-13(14)10-8-12/h3,5,7-10H,2,4,6H2,1H3/b5-3+. The highest BCUT2D eigenvalue weighted by atomic mass is 19.1. The van der Waals surface area contributed by atoms with E-state index in [2.05, 4.69) is 0 Å². The second-order valence-corrected chi connectivity index (χ2v) is 3.53. The van der Waals surface area contributed by atoms with Gasteiger partial charge in [0.1, 0.15) is 5.82 Å². The number of hydrogen-bond acceptors (Lipinski definition) is 1. The van der Waals surface area contributed by atoms with Crippen molar-refractivity contribution in [2.75, 3.05) is 0 Å². The van der Waals surface area contributed by atoms with E-state index in [9.17, 15) is 9.18 Å². The third kappa shape index (κ3) is 5.11. The van der Waals surface area contributed by atoms with Gasteiger partial charge in [-0.25, -0.2) is 4.39 Å². The van der Waals surface area contributed by atoms with E-state index < -0.39 is 0 Å². The minimum Gasteiger partial charge on any atom is -0.295 e. The molecule has 0 N–H and O–H groups in total. The Morgan fingerprint density at radius 2 is 2.00 bits per heavy atom. The highest BCUT2D eigenvalue weighted by Gasteiger charge is 1.93. The Morgan fingerprint density at radius 3 is 2.60 bits per heavy atom. The molecule has 0 bridgehead atoms. The summed E-state index contributed by atoms with van der Waals surface area (Å²) < 4.78 is 12.6. The van der Waals surface area contributed by atoms with Crippen molar-refractivity contribution in [3.05, 3.63) is 47.8 Å². The van der Waals surface area contributed by atoms with Gasteiger partial charge in [0.15, 0.2) is 5.78 Å². The van der Waals surface area contributed by atoms with E-state index in [1.807, 2.05) is 6.08 Å². The molecule has 0 aliphatic rings. The minimum absolute atomic E-state index is 0.0804. The molecule has 1 nitrogen and oxygen atoms in total. The number of aryl methyl sites for hydroxylation is 1. The van der Waals surface area contributed by atoms with Crippen LogP contribution in [0.1, 0.15) is 25.3 Å². The van der Waals surface area contributed by atoms with Crippen LogP contribution in [0.15, 0.2) is 36.4 Å². The summed E-state index contributed by atoms with van der Waals surface area (Å²) in [5.74, 6) is -0.119. The molecule has 0 aliphatic carbocycles. The first-order chi connectivity index (χ1) is 7.18. The van der Waals surface area contributed by atoms with Gasteiger partial charge in [0.05, 0.1) is 0 Å². The number of benzene rings is 1. The first-order valence-corrected chi connectivity index (χ1v) is 5.10. The molecule has 1 rings (SSSR count). The van der Waals surface area contributed by atoms with Gasteiger partial charge in [-0.1, -0.05) is 18.2 Å². The summed E-state index contributed by atoms with van der Waals surface area (Å²) in [5.41, 5.74) is 1.13. The van der Waals surface area contributed by atoms with Crippen molar-refractivity contribution in [2.45, 2.75) is 26.2 Å². The Morgan fingerprint density at radius 1 is 1.33 bits per heavy atom. The number of carbonyl (C=O) groups is 1. The van der Waals surface area contributed by atoms with E-state index in [0.29, 0.717) is 0 Å². The zero-order valence-electron chi connectivity index (χ0n) is 8.87. The van der Waals surface area contributed by atoms with Crippen molar-refractivity contribution in [1.82, 2.24) is 0 Å². The number of allylic oxidation sites excluding steroid dienone is 2. The predicted octanol–water partition coefficient (Wildman–Crippen LogP) is 3.29. The molecule has 0 heterocycles. The second-order valence-electron chi connectivity index (χ2n) is 3.53. The van der Waals surface area contributed by atoms with Crippen LogP contribution in [0.2, 0.25) is 0 Å². The average Bonchev–Trinajstić information content (AvgIpc) is 2.20. The lowest BCUT2D eigenvalue weighted by molar-refractivity contribution is -0.112. The third-order valence-corrected chi connectivity index (χ3v) is 2.10. The van der Waals surface area contributed by atoms with Gasteiger partial charge in [-0.3, -0.25) is 4.79 Å². The molecule has 1 aromatic carbocycles. The Labute approximate surface area is 89.6 Å². The topological polar surface area (TPSA) is 17.1 Å². The molecular formula is C13H15FO. The Kier molecular flexibility index (Phi) is 4.75. The molecular weight excluding hydrogens is 191 g/mol. The summed E-state index contributed by atoms with van der Waals surface area (Å²) in [5, 5.41) is 0. The number of rotatable bonds is 5. The van der Waals surface area contributed by atoms with Gasteiger partial charge in [0.2, 0.25) is 0 Å². The van der Waals surface area contributed by atoms with Gasteiger partial charge in [-0.15, -0.1) is 0 Å². The maximum absolute atomic E-state index is 12.6. The summed E-state index contributed by atoms with van der Waals surface area (Å²) in [4.78, 5) is 10.6. The van der Waals surface area contributed by atoms with Crippen molar-refractivity contribution >= 4 is 5.78 Å². The molecule has 0 amide bonds. The summed E-state index contributed by atoms with van der Waals surface area (Å²) in [6.07, 6.45) is 6.26. The maximum Gasteiger partial charge on any atom is 0.152 e. The summed E-state index contributed by atoms with van der Waals surface area (Å²) in [6, 6.07) is 6.54. The predicted molar refractivity (Wildman–Crippen MR) is 59.2 cm³/mol. The van der Waals surface area contributed by atoms with Crippen LogP contribution in [0.5, 0.6) is 0 Å². The molecule has 80 valence electrons. The van der Waals surface area contributed by atoms with Gasteiger partial charge in [-0.05, 0) is 50.0 Å². The molecule has 0 radical (unpaired) electrons. The van der Waals surface area contributed by atoms with E-state index in [0.717, 1.165) is 24.8 Å². The number of halogens is 1. The van der Waals surface area contributed by atoms with Crippen molar-refractivity contribution in [3.63, 3.8) is 0 Å². The molecule has 0 saturated carbocycles. The van der Waals surface area contributed by atoms with Crippen LogP contribution in [0.4, 0.5) is 4.39 Å². The summed E-state index contributed by atoms with van der Waals surface area (Å²) in [7, 11) is 0. The molecule has 0 unspecified atom stereocenters. The van der Waals surface area contributed by atoms with Crippen molar-refractivity contribution < 1.29 is 9.18 Å². The molecule has 0 aliphatic heterocycles. The highest BCUT2D eigenvalue weighted by molar-refractivity contribution is 5.87. The van der Waals surface area contributed by atoms with Crippen molar-refractivity contribution in [1.29, 1.82) is 0 Å². The van der Waals surface area contributed by atoms with Crippen molar-refractivity contribution in [2.24, 2.45) is 0 Å². The third-order valence-electron chi connectivity index (χ3n) is 2.10. The molecule has 0 fully saturated rings. The fourth-order valence-corrected chi connectivity index (χ4v) is 1.32. The molecule has 1 aromatic rings. The molecule has 0 saturated heterocycles. The molecule has 0 aromatic heterocycles. The summed E-state index contributed by atoms with van der Waals surface area (Å²) >= 11 is 0. The van der Waals surface area contributed by atoms with Crippen LogP contribution in [-0.4, -0.2) is 5.78 Å². The normalized spacial score (nSPS) is 10.8. The van der Waals surface area contributed by atoms with Gasteiger partial charge in [0.25, 0.3) is 0 Å². The van der Waals surface area contributed by atoms with E-state index in [-0.39, 0.29) is 11.6 Å². The monoisotopic (exact) mass is 206 g/mol. The quantitative estimate of drug-likeness (QED) is 0.533. The SMILES string of the molecule is CC(=O)/C=C/CCCc1ccc(F)cc1. The van der Waals surface area contributed by atoms with Gasteiger partial charge in [0, 0.05) is 0 Å². The molecule has 15 heavy (non-hydrogen) atoms. The van der Waals surface area contributed by atoms with Gasteiger partial charge in [-0.2, -0.15) is 0 Å². The number of carbonyl (C=O) groups excluding carboxylic acids is 1. The first kappa shape index (κ1) is 11.6. The number of ketones is 1. The minimum atomic E-state index is -0.199. The zero-order chi connectivity index (χ0) is 11.1. The van der Waals surface area contributed by atoms with E-state index in [1.54, 1.807) is 18.2 Å². The fourth-order valence-electron chi connectivity index (χ4n) is 1.32. The lowest BCUT2D eigenvalue weighted by Gasteiger charge is -1.98. The maximum atomic E-state index is 12.6. The smallest absolute Gasteiger partial charge is 0.152 e. The number of unbranched alkanes of at least 4 members (excludes halogenated alkanes) is 1. The lowest BCUT2D eigenvalue weighted by atomic mass is 10.1. The lowest BCUT2D eigenvalue weighted by Crippen LogP contribution is -1.85. The van der Waals surface area contributed by atoms with Gasteiger partial charge >= 0.3 is 0 Å². The Bertz CT molecular complexity index is 338. The van der Waals surface area contributed by atoms with Crippen LogP contribution in [0.3, 0.4) is 0 Å². The molecule has 2 heteroatoms. The van der Waals surface area contributed by atoms with Gasteiger partial charge < -0.3 is 0 Å². The second kappa shape index (κ2) is 6.12. The number of hydrogen-bond donors (Lipinski definition) is 0. The average molecular weight is 206 g/mol. The van der Waals surface area contributed by atoms with Crippen LogP contribution < -0.4 is 0 Å². The van der Waals surface area contributed by atoms with Crippen LogP contribution >= 0.6 is 0 Å². The first-order valence-electron chi connectivity index (χ1n) is 5.10. The molecule has 0 spiro atoms. The Balaban J connectivity index is 2.26. The Hall–Kier alpha value is -1.44. The van der Waals surface area contributed by atoms with E-state index >= 15 is 0 Å².